The number of nitrogens with zero attached hydrogens (tertiary/aromatic N) is 5. The molecule has 0 saturated heterocycles. The third-order valence-electron chi connectivity index (χ3n) is 7.41. The zero-order chi connectivity index (χ0) is 29.6. The molecular formula is C31H39N5O4S. The van der Waals surface area contributed by atoms with Crippen molar-refractivity contribution in [1.82, 2.24) is 14.8 Å². The first kappa shape index (κ1) is 30.2. The van der Waals surface area contributed by atoms with Crippen molar-refractivity contribution < 1.29 is 19.1 Å². The molecule has 0 unspecified atom stereocenters. The van der Waals surface area contributed by atoms with Crippen LogP contribution in [0.1, 0.15) is 42.4 Å². The first-order valence-corrected chi connectivity index (χ1v) is 14.8. The van der Waals surface area contributed by atoms with Gasteiger partial charge in [0.05, 0.1) is 22.9 Å². The van der Waals surface area contributed by atoms with Crippen LogP contribution in [-0.4, -0.2) is 79.4 Å². The van der Waals surface area contributed by atoms with Crippen LogP contribution in [0.15, 0.2) is 60.2 Å². The van der Waals surface area contributed by atoms with Crippen molar-refractivity contribution in [2.24, 2.45) is 5.41 Å². The quantitative estimate of drug-likeness (QED) is 0.232. The highest BCUT2D eigenvalue weighted by molar-refractivity contribution is 7.12. The van der Waals surface area contributed by atoms with Crippen LogP contribution in [0.5, 0.6) is 5.75 Å². The second kappa shape index (κ2) is 13.3. The topological polar surface area (TPSA) is 86.3 Å². The Kier molecular flexibility index (Phi) is 9.77. The molecule has 0 radical (unpaired) electrons. The number of rotatable bonds is 12. The largest absolute Gasteiger partial charge is 0.493 e. The summed E-state index contributed by atoms with van der Waals surface area (Å²) in [5.74, 6) is 0.228. The lowest BCUT2D eigenvalue weighted by Gasteiger charge is -2.27. The van der Waals surface area contributed by atoms with Crippen molar-refractivity contribution in [3.63, 3.8) is 0 Å². The highest BCUT2D eigenvalue weighted by Gasteiger charge is 2.45. The van der Waals surface area contributed by atoms with E-state index < -0.39 is 5.41 Å². The average molecular weight is 578 g/mol. The lowest BCUT2D eigenvalue weighted by atomic mass is 9.90. The fourth-order valence-corrected chi connectivity index (χ4v) is 5.66. The van der Waals surface area contributed by atoms with Crippen LogP contribution >= 0.6 is 11.3 Å². The van der Waals surface area contributed by atoms with E-state index in [2.05, 4.69) is 9.88 Å². The number of benzene rings is 1. The molecule has 41 heavy (non-hydrogen) atoms. The van der Waals surface area contributed by atoms with Gasteiger partial charge in [0.15, 0.2) is 0 Å². The van der Waals surface area contributed by atoms with Gasteiger partial charge in [-0.15, -0.1) is 11.3 Å². The van der Waals surface area contributed by atoms with Gasteiger partial charge in [0.1, 0.15) is 11.2 Å². The van der Waals surface area contributed by atoms with E-state index >= 15 is 0 Å². The van der Waals surface area contributed by atoms with Crippen molar-refractivity contribution in [3.05, 3.63) is 70.7 Å². The van der Waals surface area contributed by atoms with E-state index in [0.717, 1.165) is 36.5 Å². The molecule has 1 aliphatic rings. The van der Waals surface area contributed by atoms with Crippen molar-refractivity contribution >= 4 is 40.4 Å². The molecular weight excluding hydrogens is 538 g/mol. The maximum absolute atomic E-state index is 13.1. The van der Waals surface area contributed by atoms with Crippen molar-refractivity contribution in [3.8, 4) is 5.75 Å². The van der Waals surface area contributed by atoms with Crippen LogP contribution in [0.2, 0.25) is 0 Å². The Morgan fingerprint density at radius 1 is 1.02 bits per heavy atom. The molecule has 0 bridgehead atoms. The molecule has 0 spiro atoms. The third-order valence-corrected chi connectivity index (χ3v) is 8.27. The predicted octanol–water partition coefficient (Wildman–Crippen LogP) is 4.54. The Labute approximate surface area is 246 Å². The molecule has 9 nitrogen and oxygen atoms in total. The smallest absolute Gasteiger partial charge is 0.263 e. The van der Waals surface area contributed by atoms with Gasteiger partial charge in [-0.1, -0.05) is 6.07 Å². The molecule has 2 aromatic heterocycles. The standard InChI is InChI=1S/C31H39N5O4S/c1-6-36-25-11-10-24(21-26(25)34(5)29(38)31(2,3)30(36)39)40-19-8-16-35(22-23-12-14-32-15-13-23)18-17-33(4)28(37)27-9-7-20-41-27/h7,9-15,20-21H,6,8,16-19,22H2,1-5H3. The normalized spacial score (nSPS) is 14.7. The number of aromatic nitrogens is 1. The number of fused-ring (bicyclic) bond motifs is 1. The fourth-order valence-electron chi connectivity index (χ4n) is 4.95. The summed E-state index contributed by atoms with van der Waals surface area (Å²) in [5.41, 5.74) is 1.37. The molecule has 3 heterocycles. The number of anilines is 2. The van der Waals surface area contributed by atoms with Gasteiger partial charge in [0, 0.05) is 65.3 Å². The lowest BCUT2D eigenvalue weighted by Crippen LogP contribution is -2.47. The molecule has 0 atom stereocenters. The van der Waals surface area contributed by atoms with E-state index in [-0.39, 0.29) is 17.7 Å². The number of hydrogen-bond donors (Lipinski definition) is 0. The second-order valence-corrected chi connectivity index (χ2v) is 11.7. The minimum Gasteiger partial charge on any atom is -0.493 e. The molecule has 0 saturated carbocycles. The van der Waals surface area contributed by atoms with Gasteiger partial charge in [-0.2, -0.15) is 0 Å². The molecule has 1 aromatic carbocycles. The maximum Gasteiger partial charge on any atom is 0.263 e. The van der Waals surface area contributed by atoms with Crippen molar-refractivity contribution in [2.75, 3.05) is 56.7 Å². The van der Waals surface area contributed by atoms with E-state index in [1.807, 2.05) is 61.8 Å². The summed E-state index contributed by atoms with van der Waals surface area (Å²) in [5, 5.41) is 1.91. The third kappa shape index (κ3) is 6.94. The van der Waals surface area contributed by atoms with Crippen LogP contribution in [-0.2, 0) is 16.1 Å². The van der Waals surface area contributed by atoms with Gasteiger partial charge < -0.3 is 19.4 Å². The Bertz CT molecular complexity index is 1350. The predicted molar refractivity (Wildman–Crippen MR) is 163 cm³/mol. The van der Waals surface area contributed by atoms with Crippen LogP contribution in [0.3, 0.4) is 0 Å². The molecule has 4 rings (SSSR count). The van der Waals surface area contributed by atoms with E-state index in [9.17, 15) is 14.4 Å². The molecule has 10 heteroatoms. The summed E-state index contributed by atoms with van der Waals surface area (Å²) in [6, 6.07) is 13.3. The SMILES string of the molecule is CCN1C(=O)C(C)(C)C(=O)N(C)c2cc(OCCCN(CCN(C)C(=O)c3cccs3)Cc3ccncc3)ccc21. The van der Waals surface area contributed by atoms with Gasteiger partial charge in [0.25, 0.3) is 5.91 Å². The number of thiophene rings is 1. The summed E-state index contributed by atoms with van der Waals surface area (Å²) in [6.45, 7) is 9.06. The Hall–Kier alpha value is -3.76. The van der Waals surface area contributed by atoms with E-state index in [1.54, 1.807) is 48.0 Å². The fraction of sp³-hybridized carbons (Fsp3) is 0.419. The number of carbonyl (C=O) groups excluding carboxylic acids is 3. The number of carbonyl (C=O) groups is 3. The summed E-state index contributed by atoms with van der Waals surface area (Å²) in [6.07, 6.45) is 4.35. The highest BCUT2D eigenvalue weighted by atomic mass is 32.1. The second-order valence-electron chi connectivity index (χ2n) is 10.7. The minimum absolute atomic E-state index is 0.0329. The summed E-state index contributed by atoms with van der Waals surface area (Å²) < 4.78 is 6.12. The van der Waals surface area contributed by atoms with Gasteiger partial charge in [-0.3, -0.25) is 24.3 Å². The highest BCUT2D eigenvalue weighted by Crippen LogP contribution is 2.40. The van der Waals surface area contributed by atoms with Crippen LogP contribution in [0, 0.1) is 5.41 Å². The number of likely N-dealkylation sites (N-methyl/N-ethyl adjacent to an activating group) is 1. The molecule has 3 amide bonds. The first-order valence-electron chi connectivity index (χ1n) is 13.9. The number of ether oxygens (including phenoxy) is 1. The van der Waals surface area contributed by atoms with Gasteiger partial charge in [-0.05, 0) is 68.5 Å². The zero-order valence-corrected chi connectivity index (χ0v) is 25.3. The molecule has 0 aliphatic carbocycles. The average Bonchev–Trinajstić information content (AvgIpc) is 3.51. The van der Waals surface area contributed by atoms with Crippen LogP contribution < -0.4 is 14.5 Å². The molecule has 0 fully saturated rings. The summed E-state index contributed by atoms with van der Waals surface area (Å²) in [4.78, 5) is 51.1. The van der Waals surface area contributed by atoms with Gasteiger partial charge in [0.2, 0.25) is 11.8 Å². The molecule has 218 valence electrons. The van der Waals surface area contributed by atoms with Gasteiger partial charge >= 0.3 is 0 Å². The maximum atomic E-state index is 13.1. The van der Waals surface area contributed by atoms with E-state index in [0.29, 0.717) is 36.8 Å². The van der Waals surface area contributed by atoms with E-state index in [4.69, 9.17) is 4.74 Å². The Balaban J connectivity index is 1.38. The summed E-state index contributed by atoms with van der Waals surface area (Å²) >= 11 is 1.45. The van der Waals surface area contributed by atoms with E-state index in [1.165, 1.54) is 11.3 Å². The molecule has 0 N–H and O–H groups in total. The van der Waals surface area contributed by atoms with Crippen LogP contribution in [0.4, 0.5) is 11.4 Å². The Morgan fingerprint density at radius 3 is 2.46 bits per heavy atom. The molecule has 1 aliphatic heterocycles. The Morgan fingerprint density at radius 2 is 1.78 bits per heavy atom. The van der Waals surface area contributed by atoms with Gasteiger partial charge in [-0.25, -0.2) is 0 Å². The minimum atomic E-state index is -1.15. The number of pyridine rings is 1. The zero-order valence-electron chi connectivity index (χ0n) is 24.5. The monoisotopic (exact) mass is 577 g/mol. The van der Waals surface area contributed by atoms with Crippen molar-refractivity contribution in [1.29, 1.82) is 0 Å². The van der Waals surface area contributed by atoms with Crippen LogP contribution in [0.25, 0.3) is 0 Å². The lowest BCUT2D eigenvalue weighted by molar-refractivity contribution is -0.137. The first-order chi connectivity index (χ1) is 19.6. The number of amides is 3. The molecule has 3 aromatic rings. The summed E-state index contributed by atoms with van der Waals surface area (Å²) in [7, 11) is 3.54. The number of hydrogen-bond acceptors (Lipinski definition) is 7. The van der Waals surface area contributed by atoms with Crippen molar-refractivity contribution in [2.45, 2.75) is 33.7 Å².